The van der Waals surface area contributed by atoms with Crippen LogP contribution in [0.1, 0.15) is 18.1 Å². The first kappa shape index (κ1) is 18.7. The summed E-state index contributed by atoms with van der Waals surface area (Å²) in [5, 5.41) is 23.6. The Labute approximate surface area is 169 Å². The van der Waals surface area contributed by atoms with Gasteiger partial charge >= 0.3 is 0 Å². The van der Waals surface area contributed by atoms with Crippen molar-refractivity contribution in [3.8, 4) is 29.1 Å². The molecular formula is C22H20N6O. The fraction of sp³-hybridized carbons (Fsp3) is 0.273. The number of nitrogens with zero attached hydrogens (tertiary/aromatic N) is 5. The van der Waals surface area contributed by atoms with Gasteiger partial charge in [0.15, 0.2) is 5.65 Å². The molecule has 3 heterocycles. The SMILES string of the molecule is CCOc1nc2nc(N3CCNCC3)c(C#N)cc2c(-c2ccccc2)c1C#N. The molecule has 0 atom stereocenters. The van der Waals surface area contributed by atoms with Crippen LogP contribution in [0, 0.1) is 22.7 Å². The Bertz CT molecular complexity index is 1120. The van der Waals surface area contributed by atoms with Crippen LogP contribution in [0.2, 0.25) is 0 Å². The largest absolute Gasteiger partial charge is 0.477 e. The molecule has 29 heavy (non-hydrogen) atoms. The van der Waals surface area contributed by atoms with E-state index in [1.807, 2.05) is 37.3 Å². The zero-order valence-corrected chi connectivity index (χ0v) is 16.1. The van der Waals surface area contributed by atoms with Crippen LogP contribution in [-0.4, -0.2) is 42.8 Å². The molecule has 0 amide bonds. The molecule has 0 bridgehead atoms. The van der Waals surface area contributed by atoms with Crippen molar-refractivity contribution >= 4 is 16.9 Å². The number of aromatic nitrogens is 2. The van der Waals surface area contributed by atoms with Crippen molar-refractivity contribution in [2.24, 2.45) is 0 Å². The summed E-state index contributed by atoms with van der Waals surface area (Å²) < 4.78 is 5.68. The fourth-order valence-electron chi connectivity index (χ4n) is 3.61. The van der Waals surface area contributed by atoms with Gasteiger partial charge in [-0.15, -0.1) is 0 Å². The van der Waals surface area contributed by atoms with Crippen molar-refractivity contribution in [1.29, 1.82) is 10.5 Å². The molecule has 1 fully saturated rings. The molecule has 2 aromatic heterocycles. The molecule has 7 nitrogen and oxygen atoms in total. The van der Waals surface area contributed by atoms with Crippen LogP contribution in [0.25, 0.3) is 22.2 Å². The lowest BCUT2D eigenvalue weighted by Crippen LogP contribution is -2.44. The van der Waals surface area contributed by atoms with Crippen molar-refractivity contribution in [1.82, 2.24) is 15.3 Å². The summed E-state index contributed by atoms with van der Waals surface area (Å²) in [4.78, 5) is 11.4. The Morgan fingerprint density at radius 1 is 1.10 bits per heavy atom. The minimum absolute atomic E-state index is 0.268. The average Bonchev–Trinajstić information content (AvgIpc) is 2.78. The number of rotatable bonds is 4. The van der Waals surface area contributed by atoms with Gasteiger partial charge in [-0.3, -0.25) is 0 Å². The Morgan fingerprint density at radius 3 is 2.52 bits per heavy atom. The molecule has 1 aliphatic heterocycles. The third-order valence-electron chi connectivity index (χ3n) is 4.92. The zero-order chi connectivity index (χ0) is 20.2. The molecule has 1 aromatic carbocycles. The maximum Gasteiger partial charge on any atom is 0.234 e. The first-order chi connectivity index (χ1) is 14.3. The van der Waals surface area contributed by atoms with Crippen LogP contribution in [0.15, 0.2) is 36.4 Å². The second kappa shape index (κ2) is 8.14. The lowest BCUT2D eigenvalue weighted by Gasteiger charge is -2.29. The predicted molar refractivity (Wildman–Crippen MR) is 111 cm³/mol. The molecule has 0 unspecified atom stereocenters. The van der Waals surface area contributed by atoms with E-state index in [0.717, 1.165) is 31.7 Å². The number of nitriles is 2. The highest BCUT2D eigenvalue weighted by molar-refractivity contribution is 5.98. The van der Waals surface area contributed by atoms with E-state index >= 15 is 0 Å². The van der Waals surface area contributed by atoms with Gasteiger partial charge < -0.3 is 15.0 Å². The zero-order valence-electron chi connectivity index (χ0n) is 16.1. The number of ether oxygens (including phenoxy) is 1. The Morgan fingerprint density at radius 2 is 1.86 bits per heavy atom. The van der Waals surface area contributed by atoms with E-state index in [-0.39, 0.29) is 5.88 Å². The molecule has 3 aromatic rings. The van der Waals surface area contributed by atoms with Gasteiger partial charge in [-0.25, -0.2) is 4.98 Å². The van der Waals surface area contributed by atoms with E-state index in [9.17, 15) is 10.5 Å². The first-order valence-corrected chi connectivity index (χ1v) is 9.59. The van der Waals surface area contributed by atoms with Gasteiger partial charge in [0.05, 0.1) is 12.2 Å². The highest BCUT2D eigenvalue weighted by atomic mass is 16.5. The molecule has 7 heteroatoms. The highest BCUT2D eigenvalue weighted by Gasteiger charge is 2.23. The van der Waals surface area contributed by atoms with E-state index < -0.39 is 0 Å². The van der Waals surface area contributed by atoms with E-state index in [2.05, 4.69) is 27.3 Å². The van der Waals surface area contributed by atoms with Gasteiger partial charge in [-0.2, -0.15) is 15.5 Å². The Hall–Kier alpha value is -3.68. The number of pyridine rings is 2. The van der Waals surface area contributed by atoms with Gasteiger partial charge in [0.1, 0.15) is 23.5 Å². The summed E-state index contributed by atoms with van der Waals surface area (Å²) in [6.07, 6.45) is 0. The normalized spacial score (nSPS) is 13.7. The molecule has 0 saturated carbocycles. The Kier molecular flexibility index (Phi) is 5.24. The maximum atomic E-state index is 9.86. The van der Waals surface area contributed by atoms with Gasteiger partial charge in [-0.1, -0.05) is 30.3 Å². The summed E-state index contributed by atoms with van der Waals surface area (Å²) >= 11 is 0. The highest BCUT2D eigenvalue weighted by Crippen LogP contribution is 2.37. The summed E-state index contributed by atoms with van der Waals surface area (Å²) in [7, 11) is 0. The van der Waals surface area contributed by atoms with Crippen molar-refractivity contribution in [3.05, 3.63) is 47.5 Å². The standard InChI is InChI=1S/C22H20N6O/c1-2-29-22-18(14-24)19(15-6-4-3-5-7-15)17-12-16(13-23)21(26-20(17)27-22)28-10-8-25-9-11-28/h3-7,12,25H,2,8-11H2,1H3. The summed E-state index contributed by atoms with van der Waals surface area (Å²) in [6.45, 7) is 5.46. The average molecular weight is 384 g/mol. The molecule has 4 rings (SSSR count). The molecule has 1 aliphatic rings. The number of benzene rings is 1. The van der Waals surface area contributed by atoms with Crippen molar-refractivity contribution < 1.29 is 4.74 Å². The lowest BCUT2D eigenvalue weighted by atomic mass is 9.97. The second-order valence-electron chi connectivity index (χ2n) is 6.66. The second-order valence-corrected chi connectivity index (χ2v) is 6.66. The van der Waals surface area contributed by atoms with E-state index in [0.29, 0.717) is 40.1 Å². The summed E-state index contributed by atoms with van der Waals surface area (Å²) in [5.74, 6) is 0.894. The van der Waals surface area contributed by atoms with Crippen molar-refractivity contribution in [2.45, 2.75) is 6.92 Å². The third kappa shape index (κ3) is 3.44. The maximum absolute atomic E-state index is 9.86. The van der Waals surface area contributed by atoms with E-state index in [1.54, 1.807) is 6.07 Å². The minimum atomic E-state index is 0.268. The van der Waals surface area contributed by atoms with E-state index in [1.165, 1.54) is 0 Å². The number of piperazine rings is 1. The minimum Gasteiger partial charge on any atom is -0.477 e. The molecule has 144 valence electrons. The monoisotopic (exact) mass is 384 g/mol. The smallest absolute Gasteiger partial charge is 0.234 e. The van der Waals surface area contributed by atoms with Crippen LogP contribution >= 0.6 is 0 Å². The van der Waals surface area contributed by atoms with Gasteiger partial charge in [0, 0.05) is 37.1 Å². The molecular weight excluding hydrogens is 364 g/mol. The first-order valence-electron chi connectivity index (χ1n) is 9.59. The molecule has 1 N–H and O–H groups in total. The van der Waals surface area contributed by atoms with Crippen molar-refractivity contribution in [2.75, 3.05) is 37.7 Å². The quantitative estimate of drug-likeness (QED) is 0.738. The molecule has 0 radical (unpaired) electrons. The Balaban J connectivity index is 2.03. The fourth-order valence-corrected chi connectivity index (χ4v) is 3.61. The number of hydrogen-bond donors (Lipinski definition) is 1. The predicted octanol–water partition coefficient (Wildman–Crippen LogP) is 2.85. The van der Waals surface area contributed by atoms with Gasteiger partial charge in [-0.05, 0) is 18.6 Å². The number of nitrogens with one attached hydrogen (secondary N) is 1. The van der Waals surface area contributed by atoms with Gasteiger partial charge in [0.2, 0.25) is 5.88 Å². The van der Waals surface area contributed by atoms with E-state index in [4.69, 9.17) is 9.72 Å². The topological polar surface area (TPSA) is 97.9 Å². The molecule has 0 spiro atoms. The number of hydrogen-bond acceptors (Lipinski definition) is 7. The third-order valence-corrected chi connectivity index (χ3v) is 4.92. The lowest BCUT2D eigenvalue weighted by molar-refractivity contribution is 0.327. The van der Waals surface area contributed by atoms with Crippen LogP contribution < -0.4 is 15.0 Å². The summed E-state index contributed by atoms with van der Waals surface area (Å²) in [6, 6.07) is 15.9. The molecule has 0 aliphatic carbocycles. The van der Waals surface area contributed by atoms with Crippen molar-refractivity contribution in [3.63, 3.8) is 0 Å². The van der Waals surface area contributed by atoms with Crippen LogP contribution in [0.4, 0.5) is 5.82 Å². The number of fused-ring (bicyclic) bond motifs is 1. The summed E-state index contributed by atoms with van der Waals surface area (Å²) in [5.41, 5.74) is 2.85. The van der Waals surface area contributed by atoms with Crippen LogP contribution in [-0.2, 0) is 0 Å². The number of anilines is 1. The van der Waals surface area contributed by atoms with Gasteiger partial charge in [0.25, 0.3) is 0 Å². The molecule has 1 saturated heterocycles. The van der Waals surface area contributed by atoms with Crippen LogP contribution in [0.5, 0.6) is 5.88 Å². The van der Waals surface area contributed by atoms with Crippen LogP contribution in [0.3, 0.4) is 0 Å².